The summed E-state index contributed by atoms with van der Waals surface area (Å²) in [7, 11) is -4.05. The van der Waals surface area contributed by atoms with Crippen LogP contribution in [-0.4, -0.2) is 31.7 Å². The van der Waals surface area contributed by atoms with Crippen LogP contribution in [0.15, 0.2) is 87.3 Å². The fourth-order valence-corrected chi connectivity index (χ4v) is 6.47. The Bertz CT molecular complexity index is 1660. The summed E-state index contributed by atoms with van der Waals surface area (Å²) >= 11 is 9.70. The molecule has 0 aliphatic rings. The van der Waals surface area contributed by atoms with Gasteiger partial charge in [0.15, 0.2) is 0 Å². The third kappa shape index (κ3) is 6.27. The normalized spacial score (nSPS) is 11.6. The van der Waals surface area contributed by atoms with Crippen LogP contribution < -0.4 is 9.73 Å². The first-order valence-electron chi connectivity index (χ1n) is 12.1. The molecule has 0 radical (unpaired) electrons. The zero-order valence-electron chi connectivity index (χ0n) is 21.9. The first-order valence-corrected chi connectivity index (χ1v) is 14.7. The number of nitrogens with zero attached hydrogens (tertiary/aromatic N) is 3. The van der Waals surface area contributed by atoms with Crippen molar-refractivity contribution in [3.8, 4) is 5.69 Å². The van der Waals surface area contributed by atoms with Gasteiger partial charge >= 0.3 is 0 Å². The number of benzene rings is 3. The Morgan fingerprint density at radius 2 is 1.72 bits per heavy atom. The van der Waals surface area contributed by atoms with Crippen molar-refractivity contribution < 1.29 is 13.2 Å². The van der Waals surface area contributed by atoms with E-state index in [2.05, 4.69) is 31.0 Å². The number of aryl methyl sites for hydroxylation is 3. The summed E-state index contributed by atoms with van der Waals surface area (Å²) in [5, 5.41) is 4.60. The van der Waals surface area contributed by atoms with Gasteiger partial charge < -0.3 is 4.57 Å². The SMILES string of the molecule is Cc1ccc(S(=O)(=O)N(CC(=O)N/N=C\c2cc(C)n(-c3ccccc3Br)c2C)c2ccc(Cl)cc2C)cc1. The summed E-state index contributed by atoms with van der Waals surface area (Å²) in [5.74, 6) is -0.587. The van der Waals surface area contributed by atoms with Gasteiger partial charge in [-0.1, -0.05) is 41.4 Å². The molecule has 0 aliphatic heterocycles. The zero-order valence-corrected chi connectivity index (χ0v) is 25.1. The van der Waals surface area contributed by atoms with Gasteiger partial charge in [0, 0.05) is 26.4 Å². The highest BCUT2D eigenvalue weighted by Gasteiger charge is 2.28. The Balaban J connectivity index is 1.59. The van der Waals surface area contributed by atoms with Crippen LogP contribution in [0.25, 0.3) is 5.69 Å². The highest BCUT2D eigenvalue weighted by Crippen LogP contribution is 2.29. The Morgan fingerprint density at radius 1 is 1.03 bits per heavy atom. The van der Waals surface area contributed by atoms with Crippen molar-refractivity contribution in [3.63, 3.8) is 0 Å². The fourth-order valence-electron chi connectivity index (χ4n) is 4.30. The van der Waals surface area contributed by atoms with E-state index >= 15 is 0 Å². The maximum Gasteiger partial charge on any atom is 0.264 e. The monoisotopic (exact) mass is 626 g/mol. The lowest BCUT2D eigenvalue weighted by Gasteiger charge is -2.25. The second kappa shape index (κ2) is 11.8. The highest BCUT2D eigenvalue weighted by atomic mass is 79.9. The average Bonchev–Trinajstić information content (AvgIpc) is 3.16. The molecule has 0 spiro atoms. The van der Waals surface area contributed by atoms with Gasteiger partial charge in [-0.2, -0.15) is 5.10 Å². The van der Waals surface area contributed by atoms with Crippen molar-refractivity contribution in [3.05, 3.63) is 110 Å². The molecule has 3 aromatic carbocycles. The Kier molecular flexibility index (Phi) is 8.64. The highest BCUT2D eigenvalue weighted by molar-refractivity contribution is 9.10. The predicted molar refractivity (Wildman–Crippen MR) is 161 cm³/mol. The summed E-state index contributed by atoms with van der Waals surface area (Å²) in [6, 6.07) is 21.2. The van der Waals surface area contributed by atoms with Gasteiger partial charge in [0.05, 0.1) is 22.5 Å². The number of carbonyl (C=O) groups is 1. The molecule has 0 bridgehead atoms. The van der Waals surface area contributed by atoms with E-state index in [1.54, 1.807) is 43.5 Å². The number of aromatic nitrogens is 1. The maximum atomic E-state index is 13.6. The van der Waals surface area contributed by atoms with Crippen LogP contribution in [0.3, 0.4) is 0 Å². The number of para-hydroxylation sites is 1. The molecule has 7 nitrogen and oxygen atoms in total. The van der Waals surface area contributed by atoms with Gasteiger partial charge in [0.1, 0.15) is 6.54 Å². The Hall–Kier alpha value is -3.40. The van der Waals surface area contributed by atoms with E-state index in [0.29, 0.717) is 16.3 Å². The Labute approximate surface area is 242 Å². The number of rotatable bonds is 8. The van der Waals surface area contributed by atoms with Crippen LogP contribution in [0.2, 0.25) is 5.02 Å². The van der Waals surface area contributed by atoms with Crippen molar-refractivity contribution in [1.82, 2.24) is 9.99 Å². The minimum atomic E-state index is -4.05. The Morgan fingerprint density at radius 3 is 2.38 bits per heavy atom. The predicted octanol–water partition coefficient (Wildman–Crippen LogP) is 6.47. The molecule has 0 saturated heterocycles. The molecule has 1 amide bonds. The summed E-state index contributed by atoms with van der Waals surface area (Å²) in [6.07, 6.45) is 1.56. The smallest absolute Gasteiger partial charge is 0.264 e. The van der Waals surface area contributed by atoms with Crippen LogP contribution in [0.5, 0.6) is 0 Å². The number of anilines is 1. The molecule has 4 rings (SSSR count). The maximum absolute atomic E-state index is 13.6. The van der Waals surface area contributed by atoms with Crippen LogP contribution >= 0.6 is 27.5 Å². The summed E-state index contributed by atoms with van der Waals surface area (Å²) in [6.45, 7) is 7.11. The number of hydrogen-bond donors (Lipinski definition) is 1. The molecule has 1 aromatic heterocycles. The van der Waals surface area contributed by atoms with Crippen molar-refractivity contribution in [1.29, 1.82) is 0 Å². The second-order valence-electron chi connectivity index (χ2n) is 9.16. The van der Waals surface area contributed by atoms with E-state index in [9.17, 15) is 13.2 Å². The molecule has 10 heteroatoms. The van der Waals surface area contributed by atoms with Crippen LogP contribution in [0, 0.1) is 27.7 Å². The molecule has 1 N–H and O–H groups in total. The number of halogens is 2. The van der Waals surface area contributed by atoms with E-state index in [4.69, 9.17) is 11.6 Å². The quantitative estimate of drug-likeness (QED) is 0.180. The molecule has 4 aromatic rings. The van der Waals surface area contributed by atoms with Crippen LogP contribution in [0.1, 0.15) is 28.1 Å². The number of carbonyl (C=O) groups excluding carboxylic acids is 1. The summed E-state index contributed by atoms with van der Waals surface area (Å²) in [5.41, 5.74) is 8.14. The van der Waals surface area contributed by atoms with Crippen molar-refractivity contribution in [2.75, 3.05) is 10.8 Å². The summed E-state index contributed by atoms with van der Waals surface area (Å²) in [4.78, 5) is 13.1. The third-order valence-electron chi connectivity index (χ3n) is 6.28. The minimum Gasteiger partial charge on any atom is -0.317 e. The van der Waals surface area contributed by atoms with Crippen molar-refractivity contribution in [2.24, 2.45) is 5.10 Å². The molecular formula is C29H28BrClN4O3S. The van der Waals surface area contributed by atoms with Crippen LogP contribution in [0.4, 0.5) is 5.69 Å². The molecule has 0 aliphatic carbocycles. The van der Waals surface area contributed by atoms with Gasteiger partial charge in [-0.3, -0.25) is 9.10 Å². The number of hydrazone groups is 1. The van der Waals surface area contributed by atoms with E-state index in [1.165, 1.54) is 12.1 Å². The number of hydrogen-bond acceptors (Lipinski definition) is 4. The molecule has 0 atom stereocenters. The van der Waals surface area contributed by atoms with E-state index < -0.39 is 22.5 Å². The third-order valence-corrected chi connectivity index (χ3v) is 8.96. The molecular weight excluding hydrogens is 600 g/mol. The standard InChI is InChI=1S/C29H28BrClN4O3S/c1-19-9-12-25(13-10-19)39(37,38)34(27-14-11-24(31)15-20(27)2)18-29(36)33-32-17-23-16-21(3)35(22(23)4)28-8-6-5-7-26(28)30/h5-17H,18H2,1-4H3,(H,33,36)/b32-17-. The second-order valence-corrected chi connectivity index (χ2v) is 12.3. The molecule has 202 valence electrons. The lowest BCUT2D eigenvalue weighted by molar-refractivity contribution is -0.119. The molecule has 39 heavy (non-hydrogen) atoms. The van der Waals surface area contributed by atoms with Gasteiger partial charge in [0.25, 0.3) is 15.9 Å². The fraction of sp³-hybridized carbons (Fsp3) is 0.172. The lowest BCUT2D eigenvalue weighted by Crippen LogP contribution is -2.40. The molecule has 1 heterocycles. The first kappa shape index (κ1) is 28.6. The molecule has 0 unspecified atom stereocenters. The number of nitrogens with one attached hydrogen (secondary N) is 1. The molecule has 0 fully saturated rings. The first-order chi connectivity index (χ1) is 18.5. The van der Waals surface area contributed by atoms with Gasteiger partial charge in [-0.25, -0.2) is 13.8 Å². The van der Waals surface area contributed by atoms with Crippen molar-refractivity contribution >= 4 is 55.4 Å². The number of sulfonamides is 1. The van der Waals surface area contributed by atoms with Gasteiger partial charge in [-0.05, 0) is 97.7 Å². The minimum absolute atomic E-state index is 0.0817. The van der Waals surface area contributed by atoms with Gasteiger partial charge in [-0.15, -0.1) is 0 Å². The summed E-state index contributed by atoms with van der Waals surface area (Å²) < 4.78 is 31.4. The average molecular weight is 628 g/mol. The van der Waals surface area contributed by atoms with Crippen LogP contribution in [-0.2, 0) is 14.8 Å². The van der Waals surface area contributed by atoms with E-state index in [-0.39, 0.29) is 4.90 Å². The van der Waals surface area contributed by atoms with Gasteiger partial charge in [0.2, 0.25) is 0 Å². The lowest BCUT2D eigenvalue weighted by atomic mass is 10.2. The number of amides is 1. The van der Waals surface area contributed by atoms with Crippen molar-refractivity contribution in [2.45, 2.75) is 32.6 Å². The molecule has 0 saturated carbocycles. The van der Waals surface area contributed by atoms with E-state index in [0.717, 1.165) is 37.0 Å². The van der Waals surface area contributed by atoms with E-state index in [1.807, 2.05) is 51.1 Å². The largest absolute Gasteiger partial charge is 0.317 e. The topological polar surface area (TPSA) is 83.8 Å². The zero-order chi connectivity index (χ0) is 28.3.